The van der Waals surface area contributed by atoms with Gasteiger partial charge in [-0.25, -0.2) is 4.98 Å². The van der Waals surface area contributed by atoms with Crippen molar-refractivity contribution < 1.29 is 9.72 Å². The molecule has 17 heavy (non-hydrogen) atoms. The lowest BCUT2D eigenvalue weighted by Crippen LogP contribution is -2.43. The van der Waals surface area contributed by atoms with Gasteiger partial charge in [0.05, 0.1) is 0 Å². The summed E-state index contributed by atoms with van der Waals surface area (Å²) in [6.07, 6.45) is 0.614. The highest BCUT2D eigenvalue weighted by Gasteiger charge is 2.23. The maximum absolute atomic E-state index is 11.8. The minimum atomic E-state index is -0.583. The maximum Gasteiger partial charge on any atom is 0.321 e. The smallest absolute Gasteiger partial charge is 0.321 e. The number of amides is 1. The minimum Gasteiger partial charge on any atom is -0.358 e. The first-order valence-electron chi connectivity index (χ1n) is 5.07. The molecule has 0 spiro atoms. The van der Waals surface area contributed by atoms with Gasteiger partial charge in [-0.1, -0.05) is 0 Å². The molecule has 1 aromatic heterocycles. The monoisotopic (exact) mass is 259 g/mol. The van der Waals surface area contributed by atoms with Crippen LogP contribution in [0.5, 0.6) is 0 Å². The van der Waals surface area contributed by atoms with Gasteiger partial charge in [0.1, 0.15) is 0 Å². The van der Waals surface area contributed by atoms with Crippen molar-refractivity contribution in [2.45, 2.75) is 25.8 Å². The Morgan fingerprint density at radius 2 is 2.24 bits per heavy atom. The molecule has 7 heteroatoms. The standard InChI is InChI=1S/C10H14ClN3O3/c1-10(2,5-6-11)13-9(15)7-3-4-8(12-7)14(16)17/h3-4,12H,5-6H2,1-2H3,(H,13,15). The molecule has 0 aliphatic carbocycles. The van der Waals surface area contributed by atoms with Crippen LogP contribution in [0.2, 0.25) is 0 Å². The lowest BCUT2D eigenvalue weighted by molar-refractivity contribution is -0.389. The fourth-order valence-electron chi connectivity index (χ4n) is 1.30. The number of nitrogens with one attached hydrogen (secondary N) is 2. The van der Waals surface area contributed by atoms with E-state index in [1.165, 1.54) is 12.1 Å². The maximum atomic E-state index is 11.8. The van der Waals surface area contributed by atoms with Gasteiger partial charge in [-0.15, -0.1) is 11.6 Å². The molecule has 0 aliphatic heterocycles. The Bertz CT molecular complexity index is 428. The van der Waals surface area contributed by atoms with Crippen molar-refractivity contribution in [3.63, 3.8) is 0 Å². The molecule has 0 atom stereocenters. The molecule has 2 N–H and O–H groups in total. The van der Waals surface area contributed by atoms with Crippen LogP contribution in [0.4, 0.5) is 5.82 Å². The van der Waals surface area contributed by atoms with Crippen molar-refractivity contribution in [1.29, 1.82) is 0 Å². The first-order chi connectivity index (χ1) is 7.85. The molecule has 0 aliphatic rings. The summed E-state index contributed by atoms with van der Waals surface area (Å²) in [6, 6.07) is 2.63. The van der Waals surface area contributed by atoms with Crippen molar-refractivity contribution in [1.82, 2.24) is 10.3 Å². The Balaban J connectivity index is 2.73. The summed E-state index contributed by atoms with van der Waals surface area (Å²) in [4.78, 5) is 24.1. The highest BCUT2D eigenvalue weighted by atomic mass is 35.5. The number of aromatic nitrogens is 1. The topological polar surface area (TPSA) is 88.0 Å². The zero-order valence-corrected chi connectivity index (χ0v) is 10.4. The number of hydrogen-bond acceptors (Lipinski definition) is 3. The predicted molar refractivity (Wildman–Crippen MR) is 64.3 cm³/mol. The summed E-state index contributed by atoms with van der Waals surface area (Å²) >= 11 is 5.61. The normalized spacial score (nSPS) is 11.2. The second kappa shape index (κ2) is 5.18. The van der Waals surface area contributed by atoms with Crippen molar-refractivity contribution >= 4 is 23.3 Å². The van der Waals surface area contributed by atoms with Crippen LogP contribution < -0.4 is 5.32 Å². The van der Waals surface area contributed by atoms with E-state index >= 15 is 0 Å². The van der Waals surface area contributed by atoms with Gasteiger partial charge in [-0.05, 0) is 31.3 Å². The summed E-state index contributed by atoms with van der Waals surface area (Å²) < 4.78 is 0. The number of nitrogens with zero attached hydrogens (tertiary/aromatic N) is 1. The molecule has 0 bridgehead atoms. The van der Waals surface area contributed by atoms with Crippen LogP contribution in [-0.4, -0.2) is 27.2 Å². The Hall–Kier alpha value is -1.56. The molecule has 0 unspecified atom stereocenters. The van der Waals surface area contributed by atoms with E-state index in [1.54, 1.807) is 0 Å². The molecule has 0 saturated heterocycles. The fourth-order valence-corrected chi connectivity index (χ4v) is 1.77. The number of aromatic amines is 1. The van der Waals surface area contributed by atoms with Gasteiger partial charge in [0, 0.05) is 17.5 Å². The Kier molecular flexibility index (Phi) is 4.11. The molecular weight excluding hydrogens is 246 g/mol. The number of hydrogen-bond donors (Lipinski definition) is 2. The van der Waals surface area contributed by atoms with Gasteiger partial charge >= 0.3 is 5.82 Å². The molecule has 1 amide bonds. The van der Waals surface area contributed by atoms with Crippen LogP contribution in [0, 0.1) is 10.1 Å². The molecule has 94 valence electrons. The Morgan fingerprint density at radius 1 is 1.59 bits per heavy atom. The Morgan fingerprint density at radius 3 is 2.71 bits per heavy atom. The average molecular weight is 260 g/mol. The van der Waals surface area contributed by atoms with E-state index in [0.717, 1.165) is 0 Å². The van der Waals surface area contributed by atoms with Gasteiger partial charge in [-0.3, -0.25) is 4.79 Å². The van der Waals surface area contributed by atoms with E-state index in [9.17, 15) is 14.9 Å². The zero-order chi connectivity index (χ0) is 13.1. The summed E-state index contributed by atoms with van der Waals surface area (Å²) in [5, 5.41) is 13.2. The fraction of sp³-hybridized carbons (Fsp3) is 0.500. The third-order valence-electron chi connectivity index (χ3n) is 2.28. The molecule has 0 saturated carbocycles. The highest BCUT2D eigenvalue weighted by Crippen LogP contribution is 2.13. The number of alkyl halides is 1. The SMILES string of the molecule is CC(C)(CCCl)NC(=O)c1ccc([N+](=O)[O-])[nH]1. The van der Waals surface area contributed by atoms with Crippen molar-refractivity contribution in [3.05, 3.63) is 27.9 Å². The molecule has 0 fully saturated rings. The van der Waals surface area contributed by atoms with Gasteiger partial charge in [0.2, 0.25) is 0 Å². The third-order valence-corrected chi connectivity index (χ3v) is 2.47. The number of rotatable bonds is 5. The van der Waals surface area contributed by atoms with Crippen LogP contribution in [0.3, 0.4) is 0 Å². The number of H-pyrrole nitrogens is 1. The van der Waals surface area contributed by atoms with Crippen LogP contribution in [0.25, 0.3) is 0 Å². The van der Waals surface area contributed by atoms with Gasteiger partial charge in [0.25, 0.3) is 5.91 Å². The van der Waals surface area contributed by atoms with Crippen LogP contribution in [-0.2, 0) is 0 Å². The lowest BCUT2D eigenvalue weighted by Gasteiger charge is -2.24. The predicted octanol–water partition coefficient (Wildman–Crippen LogP) is 2.06. The largest absolute Gasteiger partial charge is 0.358 e. The van der Waals surface area contributed by atoms with E-state index in [4.69, 9.17) is 11.6 Å². The number of carbonyl (C=O) groups excluding carboxylic acids is 1. The zero-order valence-electron chi connectivity index (χ0n) is 9.62. The second-order valence-electron chi connectivity index (χ2n) is 4.29. The summed E-state index contributed by atoms with van der Waals surface area (Å²) in [5.41, 5.74) is -0.280. The van der Waals surface area contributed by atoms with E-state index in [1.807, 2.05) is 13.8 Å². The number of carbonyl (C=O) groups is 1. The molecule has 1 heterocycles. The highest BCUT2D eigenvalue weighted by molar-refractivity contribution is 6.17. The van der Waals surface area contributed by atoms with Gasteiger partial charge in [0.15, 0.2) is 5.69 Å². The van der Waals surface area contributed by atoms with Crippen LogP contribution in [0.1, 0.15) is 30.8 Å². The lowest BCUT2D eigenvalue weighted by atomic mass is 10.0. The van der Waals surface area contributed by atoms with E-state index < -0.39 is 10.5 Å². The molecule has 0 aromatic carbocycles. The first kappa shape index (κ1) is 13.5. The van der Waals surface area contributed by atoms with Crippen molar-refractivity contribution in [2.24, 2.45) is 0 Å². The van der Waals surface area contributed by atoms with E-state index in [-0.39, 0.29) is 17.4 Å². The summed E-state index contributed by atoms with van der Waals surface area (Å²) in [6.45, 7) is 3.68. The third kappa shape index (κ3) is 3.74. The summed E-state index contributed by atoms with van der Waals surface area (Å²) in [7, 11) is 0. The Labute approximate surface area is 103 Å². The average Bonchev–Trinajstić information content (AvgIpc) is 2.64. The minimum absolute atomic E-state index is 0.166. The van der Waals surface area contributed by atoms with Gasteiger partial charge in [-0.2, -0.15) is 0 Å². The molecule has 0 radical (unpaired) electrons. The molecular formula is C10H14ClN3O3. The van der Waals surface area contributed by atoms with E-state index in [2.05, 4.69) is 10.3 Å². The van der Waals surface area contributed by atoms with Crippen molar-refractivity contribution in [3.8, 4) is 0 Å². The molecule has 1 rings (SSSR count). The van der Waals surface area contributed by atoms with Crippen LogP contribution in [0.15, 0.2) is 12.1 Å². The quantitative estimate of drug-likeness (QED) is 0.482. The van der Waals surface area contributed by atoms with Crippen LogP contribution >= 0.6 is 11.6 Å². The van der Waals surface area contributed by atoms with E-state index in [0.29, 0.717) is 12.3 Å². The molecule has 1 aromatic rings. The van der Waals surface area contributed by atoms with Gasteiger partial charge < -0.3 is 15.4 Å². The molecule has 6 nitrogen and oxygen atoms in total. The number of halogens is 1. The number of nitro groups is 1. The second-order valence-corrected chi connectivity index (χ2v) is 4.67. The first-order valence-corrected chi connectivity index (χ1v) is 5.61. The van der Waals surface area contributed by atoms with Crippen molar-refractivity contribution in [2.75, 3.05) is 5.88 Å². The summed E-state index contributed by atoms with van der Waals surface area (Å²) in [5.74, 6) is -0.156.